The number of hydrogen-bond donors (Lipinski definition) is 3. The molecule has 1 aromatic carbocycles. The lowest BCUT2D eigenvalue weighted by molar-refractivity contribution is 0.350. The zero-order valence-electron chi connectivity index (χ0n) is 11.3. The van der Waals surface area contributed by atoms with E-state index in [1.165, 1.54) is 12.1 Å². The Labute approximate surface area is 118 Å². The smallest absolute Gasteiger partial charge is 0.299 e. The van der Waals surface area contributed by atoms with E-state index in [2.05, 4.69) is 21.3 Å². The van der Waals surface area contributed by atoms with Crippen molar-refractivity contribution in [3.8, 4) is 11.8 Å². The molecular weight excluding hydrogens is 283 g/mol. The summed E-state index contributed by atoms with van der Waals surface area (Å²) in [5, 5.41) is 8.53. The van der Waals surface area contributed by atoms with Gasteiger partial charge in [0.1, 0.15) is 12.4 Å². The summed E-state index contributed by atoms with van der Waals surface area (Å²) >= 11 is 0. The van der Waals surface area contributed by atoms with Gasteiger partial charge in [0.05, 0.1) is 11.3 Å². The van der Waals surface area contributed by atoms with Crippen LogP contribution in [-0.2, 0) is 10.2 Å². The normalized spacial score (nSPS) is 11.1. The highest BCUT2D eigenvalue weighted by Gasteiger charge is 2.11. The van der Waals surface area contributed by atoms with Gasteiger partial charge in [-0.05, 0) is 24.1 Å². The molecule has 0 aliphatic carbocycles. The fourth-order valence-electron chi connectivity index (χ4n) is 1.28. The van der Waals surface area contributed by atoms with Crippen molar-refractivity contribution in [3.63, 3.8) is 0 Å². The first kappa shape index (κ1) is 16.4. The summed E-state index contributed by atoms with van der Waals surface area (Å²) in [4.78, 5) is 0. The molecule has 0 aromatic heterocycles. The molecule has 5 nitrogen and oxygen atoms in total. The first-order valence-corrected chi connectivity index (χ1v) is 7.49. The average Bonchev–Trinajstić information content (AvgIpc) is 2.35. The van der Waals surface area contributed by atoms with Gasteiger partial charge < -0.3 is 5.11 Å². The average molecular weight is 300 g/mol. The third kappa shape index (κ3) is 5.57. The Hall–Kier alpha value is -1.62. The molecule has 0 aliphatic rings. The summed E-state index contributed by atoms with van der Waals surface area (Å²) in [7, 11) is -3.72. The maximum atomic E-state index is 13.6. The SMILES string of the molecule is CC(C)CNS(=O)(=O)Nc1ccc(C#CCO)c(F)c1. The summed E-state index contributed by atoms with van der Waals surface area (Å²) in [5.74, 6) is 4.25. The van der Waals surface area contributed by atoms with Gasteiger partial charge in [-0.1, -0.05) is 25.7 Å². The first-order chi connectivity index (χ1) is 9.34. The van der Waals surface area contributed by atoms with Gasteiger partial charge in [-0.25, -0.2) is 4.39 Å². The van der Waals surface area contributed by atoms with Gasteiger partial charge in [-0.15, -0.1) is 0 Å². The minimum absolute atomic E-state index is 0.0946. The minimum atomic E-state index is -3.72. The second-order valence-corrected chi connectivity index (χ2v) is 6.00. The van der Waals surface area contributed by atoms with Crippen molar-refractivity contribution in [2.24, 2.45) is 5.92 Å². The second kappa shape index (κ2) is 7.24. The van der Waals surface area contributed by atoms with E-state index in [-0.39, 0.29) is 30.3 Å². The highest BCUT2D eigenvalue weighted by Crippen LogP contribution is 2.14. The molecule has 0 heterocycles. The molecule has 0 unspecified atom stereocenters. The van der Waals surface area contributed by atoms with Crippen LogP contribution in [-0.4, -0.2) is 26.7 Å². The molecule has 0 atom stereocenters. The lowest BCUT2D eigenvalue weighted by atomic mass is 10.2. The second-order valence-electron chi connectivity index (χ2n) is 4.50. The van der Waals surface area contributed by atoms with Crippen LogP contribution >= 0.6 is 0 Å². The van der Waals surface area contributed by atoms with Crippen LogP contribution < -0.4 is 9.44 Å². The predicted octanol–water partition coefficient (Wildman–Crippen LogP) is 1.07. The van der Waals surface area contributed by atoms with Crippen LogP contribution in [0.15, 0.2) is 18.2 Å². The predicted molar refractivity (Wildman–Crippen MR) is 75.7 cm³/mol. The van der Waals surface area contributed by atoms with Gasteiger partial charge in [0.25, 0.3) is 10.2 Å². The molecule has 1 rings (SSSR count). The molecule has 0 fully saturated rings. The van der Waals surface area contributed by atoms with Crippen LogP contribution in [0.1, 0.15) is 19.4 Å². The van der Waals surface area contributed by atoms with Crippen LogP contribution in [0, 0.1) is 23.6 Å². The van der Waals surface area contributed by atoms with Gasteiger partial charge in [0, 0.05) is 6.54 Å². The van der Waals surface area contributed by atoms with Gasteiger partial charge in [0.15, 0.2) is 0 Å². The van der Waals surface area contributed by atoms with Crippen molar-refractivity contribution in [3.05, 3.63) is 29.6 Å². The zero-order valence-corrected chi connectivity index (χ0v) is 12.1. The third-order valence-corrected chi connectivity index (χ3v) is 3.26. The Morgan fingerprint density at radius 1 is 1.40 bits per heavy atom. The van der Waals surface area contributed by atoms with E-state index in [4.69, 9.17) is 5.11 Å². The van der Waals surface area contributed by atoms with Gasteiger partial charge in [-0.2, -0.15) is 13.1 Å². The van der Waals surface area contributed by atoms with Gasteiger partial charge in [0.2, 0.25) is 0 Å². The van der Waals surface area contributed by atoms with Gasteiger partial charge in [-0.3, -0.25) is 4.72 Å². The molecule has 0 bridgehead atoms. The Morgan fingerprint density at radius 3 is 2.65 bits per heavy atom. The van der Waals surface area contributed by atoms with E-state index >= 15 is 0 Å². The first-order valence-electron chi connectivity index (χ1n) is 6.00. The standard InChI is InChI=1S/C13H17FN2O3S/c1-10(2)9-15-20(18,19)16-12-6-5-11(4-3-7-17)13(14)8-12/h5-6,8,10,15-17H,7,9H2,1-2H3. The van der Waals surface area contributed by atoms with Crippen molar-refractivity contribution in [1.82, 2.24) is 4.72 Å². The topological polar surface area (TPSA) is 78.4 Å². The van der Waals surface area contributed by atoms with Crippen molar-refractivity contribution in [2.75, 3.05) is 17.9 Å². The van der Waals surface area contributed by atoms with Crippen molar-refractivity contribution < 1.29 is 17.9 Å². The Balaban J connectivity index is 2.81. The molecular formula is C13H17FN2O3S. The Morgan fingerprint density at radius 2 is 2.10 bits per heavy atom. The monoisotopic (exact) mass is 300 g/mol. The Kier molecular flexibility index (Phi) is 5.95. The molecule has 0 radical (unpaired) electrons. The molecule has 0 saturated heterocycles. The van der Waals surface area contributed by atoms with Crippen molar-refractivity contribution >= 4 is 15.9 Å². The largest absolute Gasteiger partial charge is 0.384 e. The summed E-state index contributed by atoms with van der Waals surface area (Å²) in [5.41, 5.74) is 0.199. The van der Waals surface area contributed by atoms with E-state index in [1.54, 1.807) is 0 Å². The number of halogens is 1. The number of aliphatic hydroxyl groups is 1. The number of aliphatic hydroxyl groups excluding tert-OH is 1. The molecule has 0 saturated carbocycles. The third-order valence-electron chi connectivity index (χ3n) is 2.21. The number of benzene rings is 1. The van der Waals surface area contributed by atoms with Crippen LogP contribution in [0.5, 0.6) is 0 Å². The van der Waals surface area contributed by atoms with Crippen LogP contribution in [0.25, 0.3) is 0 Å². The highest BCUT2D eigenvalue weighted by molar-refractivity contribution is 7.90. The van der Waals surface area contributed by atoms with E-state index < -0.39 is 16.0 Å². The molecule has 0 aliphatic heterocycles. The maximum absolute atomic E-state index is 13.6. The van der Waals surface area contributed by atoms with Crippen LogP contribution in [0.4, 0.5) is 10.1 Å². The van der Waals surface area contributed by atoms with Crippen LogP contribution in [0.3, 0.4) is 0 Å². The van der Waals surface area contributed by atoms with E-state index in [0.29, 0.717) is 0 Å². The van der Waals surface area contributed by atoms with Crippen molar-refractivity contribution in [1.29, 1.82) is 0 Å². The highest BCUT2D eigenvalue weighted by atomic mass is 32.2. The molecule has 3 N–H and O–H groups in total. The number of hydrogen-bond acceptors (Lipinski definition) is 3. The van der Waals surface area contributed by atoms with E-state index in [9.17, 15) is 12.8 Å². The molecule has 1 aromatic rings. The minimum Gasteiger partial charge on any atom is -0.384 e. The summed E-state index contributed by atoms with van der Waals surface area (Å²) in [6.45, 7) is 3.67. The Bertz CT molecular complexity index is 618. The fraction of sp³-hybridized carbons (Fsp3) is 0.385. The number of nitrogens with one attached hydrogen (secondary N) is 2. The molecule has 0 amide bonds. The summed E-state index contributed by atoms with van der Waals surface area (Å²) in [6, 6.07) is 3.79. The lowest BCUT2D eigenvalue weighted by Gasteiger charge is -2.11. The lowest BCUT2D eigenvalue weighted by Crippen LogP contribution is -2.32. The van der Waals surface area contributed by atoms with Gasteiger partial charge >= 0.3 is 0 Å². The van der Waals surface area contributed by atoms with Crippen molar-refractivity contribution in [2.45, 2.75) is 13.8 Å². The molecule has 110 valence electrons. The number of rotatable bonds is 5. The quantitative estimate of drug-likeness (QED) is 0.712. The van der Waals surface area contributed by atoms with Crippen LogP contribution in [0.2, 0.25) is 0 Å². The number of anilines is 1. The zero-order chi connectivity index (χ0) is 15.2. The van der Waals surface area contributed by atoms with E-state index in [0.717, 1.165) is 6.07 Å². The van der Waals surface area contributed by atoms with E-state index in [1.807, 2.05) is 13.8 Å². The summed E-state index contributed by atoms with van der Waals surface area (Å²) in [6.07, 6.45) is 0. The molecule has 20 heavy (non-hydrogen) atoms. The fourth-order valence-corrected chi connectivity index (χ4v) is 2.34. The molecule has 7 heteroatoms. The molecule has 0 spiro atoms. The maximum Gasteiger partial charge on any atom is 0.299 e. The summed E-state index contributed by atoms with van der Waals surface area (Å²) < 4.78 is 41.5.